The molecule has 5 nitrogen and oxygen atoms in total. The van der Waals surface area contributed by atoms with E-state index in [1.807, 2.05) is 6.92 Å². The predicted octanol–water partition coefficient (Wildman–Crippen LogP) is 2.10. The summed E-state index contributed by atoms with van der Waals surface area (Å²) in [5, 5.41) is 9.00. The molecular weight excluding hydrogens is 354 g/mol. The van der Waals surface area contributed by atoms with Crippen LogP contribution < -0.4 is 4.72 Å². The molecule has 1 aromatic rings. The first-order valence-electron chi connectivity index (χ1n) is 5.97. The third-order valence-electron chi connectivity index (χ3n) is 2.26. The van der Waals surface area contributed by atoms with Crippen LogP contribution in [0.25, 0.3) is 0 Å². The van der Waals surface area contributed by atoms with Crippen molar-refractivity contribution < 1.29 is 18.3 Å². The molecule has 0 radical (unpaired) electrons. The van der Waals surface area contributed by atoms with Crippen LogP contribution in [-0.2, 0) is 21.4 Å². The number of hydrogen-bond donors (Lipinski definition) is 2. The van der Waals surface area contributed by atoms with Crippen molar-refractivity contribution >= 4 is 37.3 Å². The fourth-order valence-corrected chi connectivity index (χ4v) is 4.98. The third kappa shape index (κ3) is 5.49. The van der Waals surface area contributed by atoms with Gasteiger partial charge in [0.15, 0.2) is 0 Å². The van der Waals surface area contributed by atoms with Gasteiger partial charge in [0, 0.05) is 24.6 Å². The molecule has 1 aromatic heterocycles. The van der Waals surface area contributed by atoms with E-state index < -0.39 is 10.0 Å². The summed E-state index contributed by atoms with van der Waals surface area (Å²) in [5.74, 6) is 0. The molecule has 2 N–H and O–H groups in total. The molecule has 0 aromatic carbocycles. The van der Waals surface area contributed by atoms with Gasteiger partial charge in [-0.25, -0.2) is 13.1 Å². The summed E-state index contributed by atoms with van der Waals surface area (Å²) in [6.07, 6.45) is 1.59. The molecule has 0 unspecified atom stereocenters. The number of thiophene rings is 1. The highest BCUT2D eigenvalue weighted by molar-refractivity contribution is 9.11. The number of nitrogens with one attached hydrogen (secondary N) is 1. The van der Waals surface area contributed by atoms with Crippen LogP contribution in [0.5, 0.6) is 0 Å². The van der Waals surface area contributed by atoms with Gasteiger partial charge in [-0.05, 0) is 34.8 Å². The number of aliphatic hydroxyl groups is 1. The first kappa shape index (κ1) is 17.1. The topological polar surface area (TPSA) is 75.6 Å². The van der Waals surface area contributed by atoms with Crippen LogP contribution in [0.15, 0.2) is 14.7 Å². The van der Waals surface area contributed by atoms with E-state index in [2.05, 4.69) is 20.7 Å². The van der Waals surface area contributed by atoms with Crippen LogP contribution in [0.2, 0.25) is 0 Å². The molecule has 0 aliphatic rings. The Balaban J connectivity index is 2.49. The zero-order valence-corrected chi connectivity index (χ0v) is 13.9. The Morgan fingerprint density at radius 1 is 1.47 bits per heavy atom. The second kappa shape index (κ2) is 8.33. The van der Waals surface area contributed by atoms with Gasteiger partial charge >= 0.3 is 0 Å². The van der Waals surface area contributed by atoms with E-state index in [1.54, 1.807) is 0 Å². The van der Waals surface area contributed by atoms with E-state index in [-0.39, 0.29) is 11.5 Å². The predicted molar refractivity (Wildman–Crippen MR) is 78.9 cm³/mol. The van der Waals surface area contributed by atoms with Crippen molar-refractivity contribution in [1.29, 1.82) is 0 Å². The summed E-state index contributed by atoms with van der Waals surface area (Å²) < 4.78 is 32.3. The lowest BCUT2D eigenvalue weighted by Crippen LogP contribution is -2.25. The van der Waals surface area contributed by atoms with Crippen molar-refractivity contribution in [3.63, 3.8) is 0 Å². The maximum Gasteiger partial charge on any atom is 0.242 e. The maximum absolute atomic E-state index is 12.0. The minimum atomic E-state index is -3.53. The van der Waals surface area contributed by atoms with Crippen molar-refractivity contribution in [3.05, 3.63) is 14.7 Å². The van der Waals surface area contributed by atoms with Crippen LogP contribution in [-0.4, -0.2) is 33.3 Å². The van der Waals surface area contributed by atoms with Crippen molar-refractivity contribution in [2.45, 2.75) is 31.3 Å². The van der Waals surface area contributed by atoms with Crippen molar-refractivity contribution in [2.75, 3.05) is 19.8 Å². The fourth-order valence-electron chi connectivity index (χ4n) is 1.36. The van der Waals surface area contributed by atoms with Gasteiger partial charge in [0.1, 0.15) is 4.90 Å². The van der Waals surface area contributed by atoms with Crippen LogP contribution in [0, 0.1) is 0 Å². The van der Waals surface area contributed by atoms with E-state index in [4.69, 9.17) is 9.84 Å². The monoisotopic (exact) mass is 371 g/mol. The lowest BCUT2D eigenvalue weighted by atomic mass is 10.4. The molecule has 0 aliphatic carbocycles. The maximum atomic E-state index is 12.0. The third-order valence-corrected chi connectivity index (χ3v) is 5.96. The van der Waals surface area contributed by atoms with Gasteiger partial charge in [-0.2, -0.15) is 0 Å². The average Bonchev–Trinajstić information content (AvgIpc) is 2.76. The molecule has 1 heterocycles. The lowest BCUT2D eigenvalue weighted by Gasteiger charge is -2.06. The molecule has 0 saturated heterocycles. The Hall–Kier alpha value is 0.01000. The molecule has 0 spiro atoms. The van der Waals surface area contributed by atoms with E-state index in [1.165, 1.54) is 17.4 Å². The van der Waals surface area contributed by atoms with Crippen molar-refractivity contribution in [3.8, 4) is 0 Å². The molecule has 110 valence electrons. The summed E-state index contributed by atoms with van der Waals surface area (Å²) in [7, 11) is -3.53. The summed E-state index contributed by atoms with van der Waals surface area (Å²) in [5.41, 5.74) is 0. The SMILES string of the molecule is CCCOCCCNS(=O)(=O)c1cc(CO)sc1Br. The Labute approximate surface area is 126 Å². The Kier molecular flexibility index (Phi) is 7.48. The first-order valence-corrected chi connectivity index (χ1v) is 9.07. The zero-order valence-electron chi connectivity index (χ0n) is 10.7. The highest BCUT2D eigenvalue weighted by Gasteiger charge is 2.20. The summed E-state index contributed by atoms with van der Waals surface area (Å²) in [6, 6.07) is 1.48. The fraction of sp³-hybridized carbons (Fsp3) is 0.636. The van der Waals surface area contributed by atoms with Crippen molar-refractivity contribution in [2.24, 2.45) is 0 Å². The second-order valence-electron chi connectivity index (χ2n) is 3.87. The standard InChI is InChI=1S/C11H18BrNO4S2/c1-2-5-17-6-3-4-13-19(15,16)10-7-9(8-14)18-11(10)12/h7,13-14H,2-6,8H2,1H3. The molecule has 0 amide bonds. The number of rotatable bonds is 9. The number of halogens is 1. The van der Waals surface area contributed by atoms with E-state index in [0.29, 0.717) is 34.8 Å². The van der Waals surface area contributed by atoms with Gasteiger partial charge in [-0.15, -0.1) is 11.3 Å². The average molecular weight is 372 g/mol. The molecule has 8 heteroatoms. The van der Waals surface area contributed by atoms with E-state index in [0.717, 1.165) is 6.42 Å². The molecule has 0 saturated carbocycles. The number of sulfonamides is 1. The summed E-state index contributed by atoms with van der Waals surface area (Å²) in [6.45, 7) is 3.44. The molecule has 0 bridgehead atoms. The van der Waals surface area contributed by atoms with Crippen molar-refractivity contribution in [1.82, 2.24) is 4.72 Å². The highest BCUT2D eigenvalue weighted by atomic mass is 79.9. The number of aliphatic hydroxyl groups excluding tert-OH is 1. The molecule has 0 atom stereocenters. The number of hydrogen-bond acceptors (Lipinski definition) is 5. The Morgan fingerprint density at radius 2 is 2.21 bits per heavy atom. The largest absolute Gasteiger partial charge is 0.391 e. The van der Waals surface area contributed by atoms with Gasteiger partial charge < -0.3 is 9.84 Å². The van der Waals surface area contributed by atoms with Gasteiger partial charge in [-0.3, -0.25) is 0 Å². The first-order chi connectivity index (χ1) is 9.01. The summed E-state index contributed by atoms with van der Waals surface area (Å²) >= 11 is 4.41. The van der Waals surface area contributed by atoms with Gasteiger partial charge in [0.05, 0.1) is 10.4 Å². The molecule has 0 fully saturated rings. The lowest BCUT2D eigenvalue weighted by molar-refractivity contribution is 0.133. The molecular formula is C11H18BrNO4S2. The zero-order chi connectivity index (χ0) is 14.3. The molecule has 19 heavy (non-hydrogen) atoms. The van der Waals surface area contributed by atoms with Gasteiger partial charge in [-0.1, -0.05) is 6.92 Å². The smallest absolute Gasteiger partial charge is 0.242 e. The van der Waals surface area contributed by atoms with Gasteiger partial charge in [0.25, 0.3) is 0 Å². The van der Waals surface area contributed by atoms with Crippen LogP contribution in [0.4, 0.5) is 0 Å². The number of ether oxygens (including phenoxy) is 1. The highest BCUT2D eigenvalue weighted by Crippen LogP contribution is 2.31. The van der Waals surface area contributed by atoms with E-state index >= 15 is 0 Å². The molecule has 1 rings (SSSR count). The Morgan fingerprint density at radius 3 is 2.79 bits per heavy atom. The van der Waals surface area contributed by atoms with Crippen LogP contribution in [0.3, 0.4) is 0 Å². The molecule has 0 aliphatic heterocycles. The second-order valence-corrected chi connectivity index (χ2v) is 8.06. The van der Waals surface area contributed by atoms with E-state index in [9.17, 15) is 8.42 Å². The van der Waals surface area contributed by atoms with Gasteiger partial charge in [0.2, 0.25) is 10.0 Å². The van der Waals surface area contributed by atoms with Crippen LogP contribution >= 0.6 is 27.3 Å². The quantitative estimate of drug-likeness (QED) is 0.651. The normalized spacial score (nSPS) is 11.9. The Bertz CT molecular complexity index is 487. The summed E-state index contributed by atoms with van der Waals surface area (Å²) in [4.78, 5) is 0.787. The minimum Gasteiger partial charge on any atom is -0.391 e. The van der Waals surface area contributed by atoms with Crippen LogP contribution in [0.1, 0.15) is 24.6 Å². The minimum absolute atomic E-state index is 0.163.